The highest BCUT2D eigenvalue weighted by Gasteiger charge is 2.27. The fourth-order valence-electron chi connectivity index (χ4n) is 4.51. The lowest BCUT2D eigenvalue weighted by molar-refractivity contribution is -0.00539. The topological polar surface area (TPSA) is 87.7 Å². The van der Waals surface area contributed by atoms with Crippen molar-refractivity contribution in [3.05, 3.63) is 59.9 Å². The van der Waals surface area contributed by atoms with Gasteiger partial charge in [-0.15, -0.1) is 0 Å². The molecule has 0 spiro atoms. The Morgan fingerprint density at radius 3 is 2.56 bits per heavy atom. The Bertz CT molecular complexity index is 1350. The zero-order valence-electron chi connectivity index (χ0n) is 17.6. The van der Waals surface area contributed by atoms with Crippen molar-refractivity contribution in [3.8, 4) is 0 Å². The van der Waals surface area contributed by atoms with E-state index < -0.39 is 15.8 Å². The van der Waals surface area contributed by atoms with Crippen molar-refractivity contribution < 1.29 is 22.3 Å². The summed E-state index contributed by atoms with van der Waals surface area (Å²) in [6, 6.07) is 12.3. The van der Waals surface area contributed by atoms with E-state index in [0.717, 1.165) is 0 Å². The lowest BCUT2D eigenvalue weighted by Crippen LogP contribution is -2.45. The highest BCUT2D eigenvalue weighted by molar-refractivity contribution is 7.93. The molecular weight excluding hydrogens is 433 g/mol. The molecule has 166 valence electrons. The van der Waals surface area contributed by atoms with Gasteiger partial charge in [0.2, 0.25) is 0 Å². The van der Waals surface area contributed by atoms with E-state index in [1.165, 1.54) is 12.1 Å². The van der Waals surface area contributed by atoms with Crippen LogP contribution in [0.4, 0.5) is 21.5 Å². The Balaban J connectivity index is 1.47. The molecule has 3 aromatic rings. The van der Waals surface area contributed by atoms with E-state index in [4.69, 9.17) is 4.74 Å². The first-order valence-electron chi connectivity index (χ1n) is 10.3. The lowest BCUT2D eigenvalue weighted by atomic mass is 10.1. The van der Waals surface area contributed by atoms with E-state index in [-0.39, 0.29) is 28.7 Å². The molecule has 0 radical (unpaired) electrons. The van der Waals surface area contributed by atoms with Crippen LogP contribution in [0.25, 0.3) is 10.8 Å². The smallest absolute Gasteiger partial charge is 0.262 e. The number of hydrogen-bond donors (Lipinski definition) is 2. The van der Waals surface area contributed by atoms with E-state index in [2.05, 4.69) is 10.0 Å². The number of ether oxygens (including phenoxy) is 1. The zero-order valence-corrected chi connectivity index (χ0v) is 18.4. The Morgan fingerprint density at radius 2 is 1.84 bits per heavy atom. The molecule has 0 aliphatic carbocycles. The minimum absolute atomic E-state index is 0.0231. The van der Waals surface area contributed by atoms with Crippen molar-refractivity contribution in [2.24, 2.45) is 0 Å². The quantitative estimate of drug-likeness (QED) is 0.622. The Morgan fingerprint density at radius 1 is 1.09 bits per heavy atom. The van der Waals surface area contributed by atoms with Crippen LogP contribution in [0.2, 0.25) is 0 Å². The highest BCUT2D eigenvalue weighted by Crippen LogP contribution is 2.37. The Labute approximate surface area is 185 Å². The van der Waals surface area contributed by atoms with Crippen molar-refractivity contribution in [2.45, 2.75) is 31.0 Å². The number of rotatable bonds is 4. The molecular formula is C23H22FN3O4S. The van der Waals surface area contributed by atoms with Gasteiger partial charge in [-0.3, -0.25) is 9.52 Å². The second-order valence-corrected chi connectivity index (χ2v) is 9.88. The van der Waals surface area contributed by atoms with Crippen LogP contribution < -0.4 is 14.9 Å². The summed E-state index contributed by atoms with van der Waals surface area (Å²) >= 11 is 0. The van der Waals surface area contributed by atoms with Gasteiger partial charge in [-0.1, -0.05) is 12.1 Å². The van der Waals surface area contributed by atoms with Crippen LogP contribution in [0, 0.1) is 5.82 Å². The van der Waals surface area contributed by atoms with Gasteiger partial charge in [0, 0.05) is 41.2 Å². The molecule has 2 aliphatic rings. The summed E-state index contributed by atoms with van der Waals surface area (Å²) < 4.78 is 49.4. The van der Waals surface area contributed by atoms with Crippen molar-refractivity contribution in [1.82, 2.24) is 0 Å². The fourth-order valence-corrected chi connectivity index (χ4v) is 5.76. The largest absolute Gasteiger partial charge is 0.372 e. The molecule has 7 nitrogen and oxygen atoms in total. The molecule has 0 bridgehead atoms. The monoisotopic (exact) mass is 455 g/mol. The number of anilines is 3. The number of morpholine rings is 1. The first-order chi connectivity index (χ1) is 15.2. The summed E-state index contributed by atoms with van der Waals surface area (Å²) in [6.45, 7) is 4.98. The summed E-state index contributed by atoms with van der Waals surface area (Å²) in [5, 5.41) is 3.73. The molecule has 2 N–H and O–H groups in total. The van der Waals surface area contributed by atoms with Crippen molar-refractivity contribution in [2.75, 3.05) is 28.0 Å². The van der Waals surface area contributed by atoms with Crippen molar-refractivity contribution in [3.63, 3.8) is 0 Å². The third kappa shape index (κ3) is 3.47. The molecule has 3 aromatic carbocycles. The summed E-state index contributed by atoms with van der Waals surface area (Å²) in [4.78, 5) is 14.0. The SMILES string of the molecule is CC1CN(c2ccc(NS(=O)(=O)c3ccc4c5c(cccc35)C(=O)N4)cc2F)CC(C)O1. The lowest BCUT2D eigenvalue weighted by Gasteiger charge is -2.37. The maximum Gasteiger partial charge on any atom is 0.262 e. The van der Waals surface area contributed by atoms with Gasteiger partial charge < -0.3 is 15.0 Å². The molecule has 2 atom stereocenters. The third-order valence-electron chi connectivity index (χ3n) is 5.74. The molecule has 1 amide bonds. The highest BCUT2D eigenvalue weighted by atomic mass is 32.2. The van der Waals surface area contributed by atoms with Crippen LogP contribution in [0.5, 0.6) is 0 Å². The molecule has 32 heavy (non-hydrogen) atoms. The maximum atomic E-state index is 14.9. The second-order valence-electron chi connectivity index (χ2n) is 8.23. The van der Waals surface area contributed by atoms with Crippen molar-refractivity contribution >= 4 is 43.8 Å². The van der Waals surface area contributed by atoms with Gasteiger partial charge in [0.25, 0.3) is 15.9 Å². The number of nitrogens with zero attached hydrogens (tertiary/aromatic N) is 1. The standard InChI is InChI=1S/C23H22FN3O4S/c1-13-11-27(12-14(2)31-13)20-8-6-15(10-18(20)24)26-32(29,30)21-9-7-19-22-16(21)4-3-5-17(22)23(28)25-19/h3-10,13-14,26H,11-12H2,1-2H3,(H,25,28). The van der Waals surface area contributed by atoms with Gasteiger partial charge in [-0.05, 0) is 44.2 Å². The number of sulfonamides is 1. The molecule has 1 saturated heterocycles. The zero-order chi connectivity index (χ0) is 22.6. The first-order valence-corrected chi connectivity index (χ1v) is 11.8. The Kier molecular flexibility index (Phi) is 4.83. The minimum atomic E-state index is -4.02. The van der Waals surface area contributed by atoms with Crippen LogP contribution in [-0.4, -0.2) is 39.6 Å². The minimum Gasteiger partial charge on any atom is -0.372 e. The average molecular weight is 456 g/mol. The predicted molar refractivity (Wildman–Crippen MR) is 121 cm³/mol. The number of amides is 1. The molecule has 9 heteroatoms. The molecule has 0 saturated carbocycles. The Hall–Kier alpha value is -3.17. The summed E-state index contributed by atoms with van der Waals surface area (Å²) in [7, 11) is -4.02. The number of nitrogens with one attached hydrogen (secondary N) is 2. The summed E-state index contributed by atoms with van der Waals surface area (Å²) in [5.41, 5.74) is 1.53. The molecule has 5 rings (SSSR count). The van der Waals surface area contributed by atoms with E-state index in [1.807, 2.05) is 18.7 Å². The van der Waals surface area contributed by atoms with Gasteiger partial charge in [0.05, 0.1) is 28.5 Å². The molecule has 0 aromatic heterocycles. The van der Waals surface area contributed by atoms with Crippen LogP contribution in [0.15, 0.2) is 53.4 Å². The molecule has 2 heterocycles. The van der Waals surface area contributed by atoms with Crippen LogP contribution in [0.3, 0.4) is 0 Å². The van der Waals surface area contributed by atoms with Crippen LogP contribution in [-0.2, 0) is 14.8 Å². The number of benzene rings is 3. The van der Waals surface area contributed by atoms with Gasteiger partial charge in [0.15, 0.2) is 0 Å². The molecule has 1 fully saturated rings. The molecule has 2 aliphatic heterocycles. The fraction of sp³-hybridized carbons (Fsp3) is 0.261. The predicted octanol–water partition coefficient (Wildman–Crippen LogP) is 3.96. The van der Waals surface area contributed by atoms with E-state index in [9.17, 15) is 17.6 Å². The third-order valence-corrected chi connectivity index (χ3v) is 7.18. The number of hydrogen-bond acceptors (Lipinski definition) is 5. The number of carbonyl (C=O) groups excluding carboxylic acids is 1. The van der Waals surface area contributed by atoms with E-state index in [1.54, 1.807) is 36.4 Å². The average Bonchev–Trinajstić information content (AvgIpc) is 3.04. The maximum absolute atomic E-state index is 14.9. The molecule has 2 unspecified atom stereocenters. The second kappa shape index (κ2) is 7.46. The van der Waals surface area contributed by atoms with Gasteiger partial charge in [-0.2, -0.15) is 0 Å². The normalized spacial score (nSPS) is 20.5. The summed E-state index contributed by atoms with van der Waals surface area (Å²) in [5.74, 6) is -0.778. The van der Waals surface area contributed by atoms with E-state index >= 15 is 0 Å². The van der Waals surface area contributed by atoms with Gasteiger partial charge in [-0.25, -0.2) is 12.8 Å². The number of halogens is 1. The van der Waals surface area contributed by atoms with Crippen molar-refractivity contribution in [1.29, 1.82) is 0 Å². The summed E-state index contributed by atoms with van der Waals surface area (Å²) in [6.07, 6.45) is -0.0528. The van der Waals surface area contributed by atoms with Crippen LogP contribution >= 0.6 is 0 Å². The van der Waals surface area contributed by atoms with Crippen LogP contribution in [0.1, 0.15) is 24.2 Å². The van der Waals surface area contributed by atoms with Gasteiger partial charge in [0.1, 0.15) is 5.82 Å². The van der Waals surface area contributed by atoms with Gasteiger partial charge >= 0.3 is 0 Å². The van der Waals surface area contributed by atoms with E-state index in [0.29, 0.717) is 40.8 Å². The number of carbonyl (C=O) groups is 1. The first kappa shape index (κ1) is 20.7.